The molecule has 4 heteroatoms. The van der Waals surface area contributed by atoms with Crippen LogP contribution in [0.4, 0.5) is 0 Å². The molecule has 1 aromatic heterocycles. The second-order valence-corrected chi connectivity index (χ2v) is 5.60. The average Bonchev–Trinajstić information content (AvgIpc) is 2.37. The molecule has 104 valence electrons. The molecule has 0 saturated heterocycles. The van der Waals surface area contributed by atoms with Crippen LogP contribution in [0.3, 0.4) is 0 Å². The summed E-state index contributed by atoms with van der Waals surface area (Å²) in [4.78, 5) is 18.4. The summed E-state index contributed by atoms with van der Waals surface area (Å²) in [5.41, 5.74) is 1.32. The van der Waals surface area contributed by atoms with Crippen LogP contribution >= 0.6 is 0 Å². The van der Waals surface area contributed by atoms with Crippen LogP contribution in [0.2, 0.25) is 0 Å². The minimum atomic E-state index is -0.888. The number of carbonyl (C=O) groups excluding carboxylic acids is 1. The highest BCUT2D eigenvalue weighted by molar-refractivity contribution is 5.77. The molecule has 1 amide bonds. The molecule has 0 spiro atoms. The summed E-state index contributed by atoms with van der Waals surface area (Å²) < 4.78 is 0. The Morgan fingerprint density at radius 3 is 3.11 bits per heavy atom. The third-order valence-electron chi connectivity index (χ3n) is 3.64. The van der Waals surface area contributed by atoms with Crippen molar-refractivity contribution in [3.8, 4) is 0 Å². The Morgan fingerprint density at radius 1 is 1.58 bits per heavy atom. The second-order valence-electron chi connectivity index (χ2n) is 5.60. The Bertz CT molecular complexity index is 457. The molecule has 1 unspecified atom stereocenters. The van der Waals surface area contributed by atoms with Gasteiger partial charge in [0, 0.05) is 31.4 Å². The molecule has 0 aliphatic carbocycles. The predicted molar refractivity (Wildman–Crippen MR) is 73.5 cm³/mol. The number of carbonyl (C=O) groups is 1. The lowest BCUT2D eigenvalue weighted by molar-refractivity contribution is -0.137. The van der Waals surface area contributed by atoms with Gasteiger partial charge in [-0.05, 0) is 25.0 Å². The smallest absolute Gasteiger partial charge is 0.225 e. The van der Waals surface area contributed by atoms with Gasteiger partial charge in [0.15, 0.2) is 0 Å². The fourth-order valence-corrected chi connectivity index (χ4v) is 2.64. The minimum absolute atomic E-state index is 0.0351. The first-order chi connectivity index (χ1) is 9.02. The van der Waals surface area contributed by atoms with Crippen LogP contribution in [0.5, 0.6) is 0 Å². The van der Waals surface area contributed by atoms with E-state index in [1.165, 1.54) is 0 Å². The van der Waals surface area contributed by atoms with Crippen molar-refractivity contribution in [2.24, 2.45) is 0 Å². The lowest BCUT2D eigenvalue weighted by atomic mass is 9.95. The van der Waals surface area contributed by atoms with E-state index in [1.54, 1.807) is 13.1 Å². The maximum atomic E-state index is 12.2. The van der Waals surface area contributed by atoms with Crippen molar-refractivity contribution in [3.05, 3.63) is 29.6 Å². The van der Waals surface area contributed by atoms with Crippen molar-refractivity contribution >= 4 is 5.91 Å². The van der Waals surface area contributed by atoms with E-state index in [1.807, 2.05) is 24.0 Å². The van der Waals surface area contributed by atoms with Gasteiger partial charge in [-0.15, -0.1) is 0 Å². The molecule has 1 aromatic rings. The van der Waals surface area contributed by atoms with Crippen molar-refractivity contribution in [3.63, 3.8) is 0 Å². The lowest BCUT2D eigenvalue weighted by Gasteiger charge is -2.31. The number of amides is 1. The molecular formula is C15H22N2O2. The first-order valence-electron chi connectivity index (χ1n) is 6.95. The molecule has 0 radical (unpaired) electrons. The molecule has 1 atom stereocenters. The number of fused-ring (bicyclic) bond motifs is 1. The molecule has 1 aliphatic rings. The molecule has 1 aliphatic heterocycles. The molecule has 19 heavy (non-hydrogen) atoms. The predicted octanol–water partition coefficient (Wildman–Crippen LogP) is 1.91. The van der Waals surface area contributed by atoms with E-state index in [0.717, 1.165) is 24.1 Å². The summed E-state index contributed by atoms with van der Waals surface area (Å²) in [6.07, 6.45) is 4.34. The SMILES string of the molecule is CCCC(C)(O)CC(=O)N1CCc2ncccc2C1. The van der Waals surface area contributed by atoms with Gasteiger partial charge in [0.2, 0.25) is 5.91 Å². The number of rotatable bonds is 4. The van der Waals surface area contributed by atoms with Crippen LogP contribution in [0.25, 0.3) is 0 Å². The number of aromatic nitrogens is 1. The molecule has 0 fully saturated rings. The largest absolute Gasteiger partial charge is 0.390 e. The Balaban J connectivity index is 1.99. The number of nitrogens with zero attached hydrogens (tertiary/aromatic N) is 2. The molecule has 4 nitrogen and oxygen atoms in total. The number of hydrogen-bond donors (Lipinski definition) is 1. The fraction of sp³-hybridized carbons (Fsp3) is 0.600. The Labute approximate surface area is 114 Å². The van der Waals surface area contributed by atoms with Crippen molar-refractivity contribution in [1.82, 2.24) is 9.88 Å². The van der Waals surface area contributed by atoms with Gasteiger partial charge < -0.3 is 10.0 Å². The van der Waals surface area contributed by atoms with Crippen LogP contribution in [-0.2, 0) is 17.8 Å². The van der Waals surface area contributed by atoms with Crippen molar-refractivity contribution < 1.29 is 9.90 Å². The zero-order valence-electron chi connectivity index (χ0n) is 11.7. The van der Waals surface area contributed by atoms with Crippen LogP contribution in [-0.4, -0.2) is 33.0 Å². The summed E-state index contributed by atoms with van der Waals surface area (Å²) in [6.45, 7) is 5.07. The third-order valence-corrected chi connectivity index (χ3v) is 3.64. The van der Waals surface area contributed by atoms with E-state index >= 15 is 0 Å². The standard InChI is InChI=1S/C15H22N2O2/c1-3-7-15(2,19)10-14(18)17-9-6-13-12(11-17)5-4-8-16-13/h4-5,8,19H,3,6-7,9-11H2,1-2H3. The molecular weight excluding hydrogens is 240 g/mol. The monoisotopic (exact) mass is 262 g/mol. The number of aliphatic hydroxyl groups is 1. The highest BCUT2D eigenvalue weighted by atomic mass is 16.3. The molecule has 0 bridgehead atoms. The summed E-state index contributed by atoms with van der Waals surface area (Å²) >= 11 is 0. The van der Waals surface area contributed by atoms with E-state index < -0.39 is 5.60 Å². The minimum Gasteiger partial charge on any atom is -0.390 e. The van der Waals surface area contributed by atoms with Crippen molar-refractivity contribution in [2.45, 2.75) is 51.7 Å². The molecule has 0 aromatic carbocycles. The fourth-order valence-electron chi connectivity index (χ4n) is 2.64. The van der Waals surface area contributed by atoms with Gasteiger partial charge in [-0.2, -0.15) is 0 Å². The first-order valence-corrected chi connectivity index (χ1v) is 6.95. The zero-order chi connectivity index (χ0) is 13.9. The van der Waals surface area contributed by atoms with Gasteiger partial charge in [0.25, 0.3) is 0 Å². The molecule has 2 heterocycles. The second kappa shape index (κ2) is 5.70. The summed E-state index contributed by atoms with van der Waals surface area (Å²) in [7, 11) is 0. The van der Waals surface area contributed by atoms with E-state index in [0.29, 0.717) is 19.5 Å². The van der Waals surface area contributed by atoms with Crippen LogP contribution in [0.15, 0.2) is 18.3 Å². The Hall–Kier alpha value is -1.42. The van der Waals surface area contributed by atoms with Crippen molar-refractivity contribution in [1.29, 1.82) is 0 Å². The van der Waals surface area contributed by atoms with Crippen LogP contribution in [0.1, 0.15) is 44.4 Å². The van der Waals surface area contributed by atoms with Crippen LogP contribution in [0, 0.1) is 0 Å². The molecule has 1 N–H and O–H groups in total. The van der Waals surface area contributed by atoms with E-state index in [2.05, 4.69) is 4.98 Å². The van der Waals surface area contributed by atoms with E-state index in [9.17, 15) is 9.90 Å². The number of pyridine rings is 1. The Morgan fingerprint density at radius 2 is 2.37 bits per heavy atom. The van der Waals surface area contributed by atoms with Gasteiger partial charge in [0.1, 0.15) is 0 Å². The summed E-state index contributed by atoms with van der Waals surface area (Å²) in [6, 6.07) is 3.92. The summed E-state index contributed by atoms with van der Waals surface area (Å²) in [5, 5.41) is 10.2. The maximum absolute atomic E-state index is 12.2. The molecule has 2 rings (SSSR count). The van der Waals surface area contributed by atoms with Gasteiger partial charge in [-0.1, -0.05) is 19.4 Å². The highest BCUT2D eigenvalue weighted by Crippen LogP contribution is 2.21. The van der Waals surface area contributed by atoms with Gasteiger partial charge in [-0.25, -0.2) is 0 Å². The first kappa shape index (κ1) is 14.0. The normalized spacial score (nSPS) is 17.7. The lowest BCUT2D eigenvalue weighted by Crippen LogP contribution is -2.40. The van der Waals surface area contributed by atoms with Gasteiger partial charge in [0.05, 0.1) is 12.0 Å². The van der Waals surface area contributed by atoms with Gasteiger partial charge >= 0.3 is 0 Å². The van der Waals surface area contributed by atoms with E-state index in [-0.39, 0.29) is 12.3 Å². The van der Waals surface area contributed by atoms with Gasteiger partial charge in [-0.3, -0.25) is 9.78 Å². The quantitative estimate of drug-likeness (QED) is 0.901. The Kier molecular flexibility index (Phi) is 4.20. The molecule has 0 saturated carbocycles. The van der Waals surface area contributed by atoms with Crippen molar-refractivity contribution in [2.75, 3.05) is 6.54 Å². The topological polar surface area (TPSA) is 53.4 Å². The average molecular weight is 262 g/mol. The number of hydrogen-bond acceptors (Lipinski definition) is 3. The highest BCUT2D eigenvalue weighted by Gasteiger charge is 2.28. The zero-order valence-corrected chi connectivity index (χ0v) is 11.7. The van der Waals surface area contributed by atoms with Crippen LogP contribution < -0.4 is 0 Å². The summed E-state index contributed by atoms with van der Waals surface area (Å²) in [5.74, 6) is 0.0351. The maximum Gasteiger partial charge on any atom is 0.225 e. The third kappa shape index (κ3) is 3.53. The van der Waals surface area contributed by atoms with E-state index in [4.69, 9.17) is 0 Å².